The van der Waals surface area contributed by atoms with Crippen LogP contribution in [0.1, 0.15) is 36.8 Å². The minimum atomic E-state index is -0.182. The van der Waals surface area contributed by atoms with E-state index in [1.807, 2.05) is 32.0 Å². The number of amides is 2. The molecule has 1 aromatic rings. The lowest BCUT2D eigenvalue weighted by atomic mass is 9.85. The molecule has 20 heavy (non-hydrogen) atoms. The number of rotatable bonds is 3. The number of carbonyl (C=O) groups is 1. The van der Waals surface area contributed by atoms with Crippen molar-refractivity contribution in [2.45, 2.75) is 45.6 Å². The molecular weight excluding hydrogens is 252 g/mol. The maximum Gasteiger partial charge on any atom is 0.319 e. The summed E-state index contributed by atoms with van der Waals surface area (Å²) in [5, 5.41) is 15.2. The monoisotopic (exact) mass is 276 g/mol. The van der Waals surface area contributed by atoms with Gasteiger partial charge in [-0.05, 0) is 49.9 Å². The Balaban J connectivity index is 1.92. The lowest BCUT2D eigenvalue weighted by molar-refractivity contribution is 0.156. The standard InChI is InChI=1S/C16H24N2O2/c1-11-7-8-14(9-12(11)2)17-16(20)18-15-6-4-3-5-13(15)10-19/h7-9,13,15,19H,3-6,10H2,1-2H3,(H2,17,18,20). The molecule has 0 heterocycles. The van der Waals surface area contributed by atoms with E-state index in [-0.39, 0.29) is 24.6 Å². The third kappa shape index (κ3) is 3.73. The van der Waals surface area contributed by atoms with E-state index >= 15 is 0 Å². The molecule has 2 rings (SSSR count). The van der Waals surface area contributed by atoms with Crippen molar-refractivity contribution in [3.63, 3.8) is 0 Å². The molecule has 0 spiro atoms. The highest BCUT2D eigenvalue weighted by molar-refractivity contribution is 5.89. The molecule has 110 valence electrons. The second kappa shape index (κ2) is 6.75. The summed E-state index contributed by atoms with van der Waals surface area (Å²) < 4.78 is 0. The highest BCUT2D eigenvalue weighted by Gasteiger charge is 2.25. The number of hydrogen-bond donors (Lipinski definition) is 3. The fourth-order valence-electron chi connectivity index (χ4n) is 2.77. The van der Waals surface area contributed by atoms with Crippen LogP contribution < -0.4 is 10.6 Å². The summed E-state index contributed by atoms with van der Waals surface area (Å²) >= 11 is 0. The van der Waals surface area contributed by atoms with Crippen LogP contribution in [0.25, 0.3) is 0 Å². The maximum atomic E-state index is 12.0. The van der Waals surface area contributed by atoms with Crippen molar-refractivity contribution in [2.75, 3.05) is 11.9 Å². The molecule has 0 aliphatic heterocycles. The quantitative estimate of drug-likeness (QED) is 0.795. The highest BCUT2D eigenvalue weighted by Crippen LogP contribution is 2.24. The Kier molecular flexibility index (Phi) is 5.01. The predicted molar refractivity (Wildman–Crippen MR) is 80.9 cm³/mol. The first kappa shape index (κ1) is 14.9. The molecule has 1 fully saturated rings. The van der Waals surface area contributed by atoms with Gasteiger partial charge in [-0.3, -0.25) is 0 Å². The Morgan fingerprint density at radius 1 is 1.25 bits per heavy atom. The zero-order chi connectivity index (χ0) is 14.5. The molecule has 1 aliphatic rings. The fourth-order valence-corrected chi connectivity index (χ4v) is 2.77. The molecule has 3 N–H and O–H groups in total. The van der Waals surface area contributed by atoms with Gasteiger partial charge in [-0.15, -0.1) is 0 Å². The van der Waals surface area contributed by atoms with Crippen LogP contribution >= 0.6 is 0 Å². The van der Waals surface area contributed by atoms with E-state index in [0.717, 1.165) is 36.9 Å². The van der Waals surface area contributed by atoms with E-state index < -0.39 is 0 Å². The van der Waals surface area contributed by atoms with Crippen molar-refractivity contribution < 1.29 is 9.90 Å². The second-order valence-corrected chi connectivity index (χ2v) is 5.73. The largest absolute Gasteiger partial charge is 0.396 e. The zero-order valence-electron chi connectivity index (χ0n) is 12.3. The first-order valence-electron chi connectivity index (χ1n) is 7.36. The molecular formula is C16H24N2O2. The number of benzene rings is 1. The van der Waals surface area contributed by atoms with Gasteiger partial charge in [0.05, 0.1) is 0 Å². The molecule has 0 aromatic heterocycles. The summed E-state index contributed by atoms with van der Waals surface area (Å²) in [6.07, 6.45) is 4.20. The molecule has 2 unspecified atom stereocenters. The van der Waals surface area contributed by atoms with Crippen LogP contribution in [0.15, 0.2) is 18.2 Å². The Hall–Kier alpha value is -1.55. The van der Waals surface area contributed by atoms with Crippen LogP contribution in [0.5, 0.6) is 0 Å². The van der Waals surface area contributed by atoms with E-state index in [1.54, 1.807) is 0 Å². The maximum absolute atomic E-state index is 12.0. The van der Waals surface area contributed by atoms with Gasteiger partial charge in [-0.1, -0.05) is 18.9 Å². The van der Waals surface area contributed by atoms with Gasteiger partial charge < -0.3 is 15.7 Å². The number of carbonyl (C=O) groups excluding carboxylic acids is 1. The summed E-state index contributed by atoms with van der Waals surface area (Å²) in [7, 11) is 0. The summed E-state index contributed by atoms with van der Waals surface area (Å²) in [4.78, 5) is 12.0. The van der Waals surface area contributed by atoms with E-state index in [9.17, 15) is 9.90 Å². The SMILES string of the molecule is Cc1ccc(NC(=O)NC2CCCCC2CO)cc1C. The van der Waals surface area contributed by atoms with Gasteiger partial charge in [0.25, 0.3) is 0 Å². The molecule has 1 aromatic carbocycles. The van der Waals surface area contributed by atoms with Crippen molar-refractivity contribution in [3.8, 4) is 0 Å². The topological polar surface area (TPSA) is 61.4 Å². The van der Waals surface area contributed by atoms with E-state index in [1.165, 1.54) is 5.56 Å². The second-order valence-electron chi connectivity index (χ2n) is 5.73. The van der Waals surface area contributed by atoms with Crippen LogP contribution in [0, 0.1) is 19.8 Å². The molecule has 0 bridgehead atoms. The number of aliphatic hydroxyl groups is 1. The minimum Gasteiger partial charge on any atom is -0.396 e. The number of nitrogens with one attached hydrogen (secondary N) is 2. The molecule has 0 radical (unpaired) electrons. The van der Waals surface area contributed by atoms with Gasteiger partial charge in [0.2, 0.25) is 0 Å². The number of urea groups is 1. The van der Waals surface area contributed by atoms with Gasteiger partial charge in [0.1, 0.15) is 0 Å². The van der Waals surface area contributed by atoms with Crippen molar-refractivity contribution in [2.24, 2.45) is 5.92 Å². The molecule has 4 heteroatoms. The Morgan fingerprint density at radius 2 is 2.00 bits per heavy atom. The third-order valence-electron chi connectivity index (χ3n) is 4.22. The number of anilines is 1. The van der Waals surface area contributed by atoms with Crippen molar-refractivity contribution >= 4 is 11.7 Å². The van der Waals surface area contributed by atoms with Gasteiger partial charge in [-0.25, -0.2) is 4.79 Å². The van der Waals surface area contributed by atoms with Crippen LogP contribution in [0.4, 0.5) is 10.5 Å². The predicted octanol–water partition coefficient (Wildman–Crippen LogP) is 2.98. The van der Waals surface area contributed by atoms with Crippen molar-refractivity contribution in [1.29, 1.82) is 0 Å². The molecule has 1 saturated carbocycles. The number of aliphatic hydroxyl groups excluding tert-OH is 1. The summed E-state index contributed by atoms with van der Waals surface area (Å²) in [5.74, 6) is 0.189. The summed E-state index contributed by atoms with van der Waals surface area (Å²) in [5.41, 5.74) is 3.18. The molecule has 0 saturated heterocycles. The molecule has 1 aliphatic carbocycles. The number of hydrogen-bond acceptors (Lipinski definition) is 2. The van der Waals surface area contributed by atoms with Crippen LogP contribution in [0.3, 0.4) is 0 Å². The van der Waals surface area contributed by atoms with Gasteiger partial charge in [0, 0.05) is 24.3 Å². The first-order chi connectivity index (χ1) is 9.60. The van der Waals surface area contributed by atoms with Gasteiger partial charge in [0.15, 0.2) is 0 Å². The lowest BCUT2D eigenvalue weighted by Crippen LogP contribution is -2.45. The Bertz CT molecular complexity index is 474. The van der Waals surface area contributed by atoms with Crippen LogP contribution in [-0.2, 0) is 0 Å². The summed E-state index contributed by atoms with van der Waals surface area (Å²) in [6.45, 7) is 4.23. The highest BCUT2D eigenvalue weighted by atomic mass is 16.3. The molecule has 2 atom stereocenters. The zero-order valence-corrected chi connectivity index (χ0v) is 12.3. The Morgan fingerprint density at radius 3 is 2.70 bits per heavy atom. The average molecular weight is 276 g/mol. The number of aryl methyl sites for hydroxylation is 2. The van der Waals surface area contributed by atoms with E-state index in [2.05, 4.69) is 10.6 Å². The van der Waals surface area contributed by atoms with Gasteiger partial charge in [-0.2, -0.15) is 0 Å². The Labute approximate surface area is 120 Å². The third-order valence-corrected chi connectivity index (χ3v) is 4.22. The van der Waals surface area contributed by atoms with Crippen molar-refractivity contribution in [1.82, 2.24) is 5.32 Å². The van der Waals surface area contributed by atoms with E-state index in [0.29, 0.717) is 0 Å². The lowest BCUT2D eigenvalue weighted by Gasteiger charge is -2.30. The van der Waals surface area contributed by atoms with E-state index in [4.69, 9.17) is 0 Å². The molecule has 4 nitrogen and oxygen atoms in total. The minimum absolute atomic E-state index is 0.0836. The summed E-state index contributed by atoms with van der Waals surface area (Å²) in [6, 6.07) is 5.78. The van der Waals surface area contributed by atoms with Crippen LogP contribution in [-0.4, -0.2) is 23.8 Å². The smallest absolute Gasteiger partial charge is 0.319 e. The normalized spacial score (nSPS) is 22.4. The van der Waals surface area contributed by atoms with Gasteiger partial charge >= 0.3 is 6.03 Å². The molecule has 2 amide bonds. The van der Waals surface area contributed by atoms with Crippen molar-refractivity contribution in [3.05, 3.63) is 29.3 Å². The first-order valence-corrected chi connectivity index (χ1v) is 7.36. The van der Waals surface area contributed by atoms with Crippen LogP contribution in [0.2, 0.25) is 0 Å². The average Bonchev–Trinajstić information content (AvgIpc) is 2.43. The fraction of sp³-hybridized carbons (Fsp3) is 0.562.